The van der Waals surface area contributed by atoms with Crippen LogP contribution in [-0.4, -0.2) is 34.5 Å². The number of benzene rings is 3. The minimum absolute atomic E-state index is 0.104. The molecule has 1 heterocycles. The van der Waals surface area contributed by atoms with Crippen molar-refractivity contribution in [3.05, 3.63) is 115 Å². The number of carbonyl (C=O) groups excluding carboxylic acids is 1. The minimum atomic E-state index is -0.817. The molecular weight excluding hydrogens is 484 g/mol. The maximum Gasteiger partial charge on any atom is 0.352 e. The van der Waals surface area contributed by atoms with E-state index in [-0.39, 0.29) is 18.8 Å². The van der Waals surface area contributed by atoms with Gasteiger partial charge in [-0.2, -0.15) is 9.78 Å². The molecule has 4 rings (SSSR count). The molecule has 4 aromatic rings. The summed E-state index contributed by atoms with van der Waals surface area (Å²) in [5.74, 6) is 0.0895. The Bertz CT molecular complexity index is 1520. The highest BCUT2D eigenvalue weighted by molar-refractivity contribution is 6.30. The first-order valence-corrected chi connectivity index (χ1v) is 11.3. The monoisotopic (exact) mass is 506 g/mol. The number of methoxy groups -OCH3 is 2. The van der Waals surface area contributed by atoms with Gasteiger partial charge in [0.25, 0.3) is 11.5 Å². The lowest BCUT2D eigenvalue weighted by molar-refractivity contribution is 0.0941. The fourth-order valence-corrected chi connectivity index (χ4v) is 3.81. The molecule has 0 atom stereocenters. The zero-order chi connectivity index (χ0) is 25.7. The van der Waals surface area contributed by atoms with Crippen molar-refractivity contribution in [2.45, 2.75) is 13.1 Å². The van der Waals surface area contributed by atoms with Gasteiger partial charge in [0.1, 0.15) is 0 Å². The molecule has 0 aliphatic heterocycles. The van der Waals surface area contributed by atoms with Gasteiger partial charge in [0.15, 0.2) is 11.5 Å². The Balaban J connectivity index is 1.82. The molecule has 0 saturated carbocycles. The summed E-state index contributed by atoms with van der Waals surface area (Å²) in [6, 6.07) is 20.7. The van der Waals surface area contributed by atoms with E-state index in [0.717, 1.165) is 14.8 Å². The van der Waals surface area contributed by atoms with Gasteiger partial charge in [-0.25, -0.2) is 4.79 Å². The van der Waals surface area contributed by atoms with Gasteiger partial charge >= 0.3 is 5.69 Å². The predicted molar refractivity (Wildman–Crippen MR) is 135 cm³/mol. The highest BCUT2D eigenvalue weighted by Gasteiger charge is 2.21. The van der Waals surface area contributed by atoms with Gasteiger partial charge in [0, 0.05) is 17.6 Å². The van der Waals surface area contributed by atoms with Crippen LogP contribution in [0.2, 0.25) is 5.02 Å². The van der Waals surface area contributed by atoms with E-state index < -0.39 is 22.9 Å². The first-order valence-electron chi connectivity index (χ1n) is 10.9. The Kier molecular flexibility index (Phi) is 7.50. The number of nitrogens with one attached hydrogen (secondary N) is 1. The molecule has 9 nitrogen and oxygen atoms in total. The highest BCUT2D eigenvalue weighted by Crippen LogP contribution is 2.28. The van der Waals surface area contributed by atoms with Crippen molar-refractivity contribution in [3.63, 3.8) is 0 Å². The molecule has 0 radical (unpaired) electrons. The summed E-state index contributed by atoms with van der Waals surface area (Å²) in [5, 5.41) is 7.29. The van der Waals surface area contributed by atoms with Crippen LogP contribution in [0.4, 0.5) is 0 Å². The van der Waals surface area contributed by atoms with E-state index in [9.17, 15) is 14.4 Å². The quantitative estimate of drug-likeness (QED) is 0.394. The van der Waals surface area contributed by atoms with E-state index in [0.29, 0.717) is 22.1 Å². The van der Waals surface area contributed by atoms with Crippen molar-refractivity contribution in [2.75, 3.05) is 14.2 Å². The molecule has 0 aliphatic rings. The van der Waals surface area contributed by atoms with Crippen LogP contribution in [-0.2, 0) is 13.1 Å². The Morgan fingerprint density at radius 1 is 0.917 bits per heavy atom. The van der Waals surface area contributed by atoms with Gasteiger partial charge in [0.05, 0.1) is 26.5 Å². The Labute approximate surface area is 211 Å². The lowest BCUT2D eigenvalue weighted by atomic mass is 10.2. The van der Waals surface area contributed by atoms with Crippen LogP contribution in [0.3, 0.4) is 0 Å². The van der Waals surface area contributed by atoms with Crippen molar-refractivity contribution in [3.8, 4) is 17.2 Å². The van der Waals surface area contributed by atoms with E-state index >= 15 is 0 Å². The van der Waals surface area contributed by atoms with Crippen LogP contribution in [0.5, 0.6) is 11.5 Å². The smallest absolute Gasteiger partial charge is 0.352 e. The molecule has 3 aromatic carbocycles. The van der Waals surface area contributed by atoms with Crippen LogP contribution >= 0.6 is 11.6 Å². The summed E-state index contributed by atoms with van der Waals surface area (Å²) < 4.78 is 12.5. The number of ether oxygens (including phenoxy) is 2. The number of carbonyl (C=O) groups is 1. The molecule has 1 N–H and O–H groups in total. The Morgan fingerprint density at radius 3 is 2.33 bits per heavy atom. The number of halogens is 1. The number of rotatable bonds is 8. The normalized spacial score (nSPS) is 10.6. The van der Waals surface area contributed by atoms with Gasteiger partial charge in [-0.15, -0.1) is 0 Å². The molecule has 0 spiro atoms. The van der Waals surface area contributed by atoms with Crippen LogP contribution in [0.1, 0.15) is 21.6 Å². The number of hydrogen-bond donors (Lipinski definition) is 1. The molecule has 1 aromatic heterocycles. The maximum absolute atomic E-state index is 13.4. The summed E-state index contributed by atoms with van der Waals surface area (Å²) in [6.45, 7) is 0.0809. The Hall–Kier alpha value is -4.37. The van der Waals surface area contributed by atoms with Crippen molar-refractivity contribution in [2.24, 2.45) is 0 Å². The van der Waals surface area contributed by atoms with E-state index in [1.165, 1.54) is 20.3 Å². The van der Waals surface area contributed by atoms with Crippen molar-refractivity contribution >= 4 is 17.5 Å². The summed E-state index contributed by atoms with van der Waals surface area (Å²) in [4.78, 5) is 39.7. The zero-order valence-corrected chi connectivity index (χ0v) is 20.4. The average Bonchev–Trinajstić information content (AvgIpc) is 2.90. The van der Waals surface area contributed by atoms with Gasteiger partial charge in [-0.3, -0.25) is 14.2 Å². The van der Waals surface area contributed by atoms with Crippen LogP contribution in [0, 0.1) is 0 Å². The molecule has 0 fully saturated rings. The van der Waals surface area contributed by atoms with E-state index in [1.807, 2.05) is 30.3 Å². The molecule has 0 aliphatic carbocycles. The first-order chi connectivity index (χ1) is 17.4. The third kappa shape index (κ3) is 5.31. The predicted octanol–water partition coefficient (Wildman–Crippen LogP) is 3.04. The molecule has 0 bridgehead atoms. The summed E-state index contributed by atoms with van der Waals surface area (Å²) in [5.41, 5.74) is -0.230. The number of amides is 1. The SMILES string of the molecule is COc1ccc(-n2nc(C(=O)NCc3ccccc3)c(=O)n(Cc3cccc(Cl)c3)c2=O)cc1OC. The van der Waals surface area contributed by atoms with Crippen molar-refractivity contribution < 1.29 is 14.3 Å². The van der Waals surface area contributed by atoms with Gasteiger partial charge < -0.3 is 14.8 Å². The van der Waals surface area contributed by atoms with Gasteiger partial charge in [0.2, 0.25) is 5.69 Å². The second-order valence-electron chi connectivity index (χ2n) is 7.77. The summed E-state index contributed by atoms with van der Waals surface area (Å²) in [6.07, 6.45) is 0. The van der Waals surface area contributed by atoms with Crippen LogP contribution in [0.15, 0.2) is 82.4 Å². The average molecular weight is 507 g/mol. The van der Waals surface area contributed by atoms with Gasteiger partial charge in [-0.1, -0.05) is 54.1 Å². The van der Waals surface area contributed by atoms with Crippen LogP contribution < -0.4 is 26.0 Å². The number of hydrogen-bond acceptors (Lipinski definition) is 6. The third-order valence-corrected chi connectivity index (χ3v) is 5.65. The number of nitrogens with zero attached hydrogens (tertiary/aromatic N) is 3. The largest absolute Gasteiger partial charge is 0.493 e. The lowest BCUT2D eigenvalue weighted by Crippen LogP contribution is -2.46. The molecule has 0 unspecified atom stereocenters. The van der Waals surface area contributed by atoms with E-state index in [4.69, 9.17) is 21.1 Å². The number of aromatic nitrogens is 3. The molecule has 184 valence electrons. The molecule has 10 heteroatoms. The topological polar surface area (TPSA) is 104 Å². The summed E-state index contributed by atoms with van der Waals surface area (Å²) in [7, 11) is 2.95. The van der Waals surface area contributed by atoms with E-state index in [2.05, 4.69) is 10.4 Å². The molecular formula is C26H23ClN4O5. The Morgan fingerprint density at radius 2 is 1.64 bits per heavy atom. The highest BCUT2D eigenvalue weighted by atomic mass is 35.5. The van der Waals surface area contributed by atoms with Gasteiger partial charge in [-0.05, 0) is 35.4 Å². The lowest BCUT2D eigenvalue weighted by Gasteiger charge is -2.14. The fraction of sp³-hybridized carbons (Fsp3) is 0.154. The minimum Gasteiger partial charge on any atom is -0.493 e. The van der Waals surface area contributed by atoms with Crippen LogP contribution in [0.25, 0.3) is 5.69 Å². The standard InChI is InChI=1S/C26H23ClN4O5/c1-35-21-12-11-20(14-22(21)36-2)31-26(34)30(16-18-9-6-10-19(27)13-18)25(33)23(29-31)24(32)28-15-17-7-4-3-5-8-17/h3-14H,15-16H2,1-2H3,(H,28,32). The van der Waals surface area contributed by atoms with Crippen molar-refractivity contribution in [1.82, 2.24) is 19.7 Å². The second kappa shape index (κ2) is 10.9. The summed E-state index contributed by atoms with van der Waals surface area (Å²) >= 11 is 6.09. The molecule has 36 heavy (non-hydrogen) atoms. The fourth-order valence-electron chi connectivity index (χ4n) is 3.60. The first kappa shape index (κ1) is 24.7. The van der Waals surface area contributed by atoms with Crippen molar-refractivity contribution in [1.29, 1.82) is 0 Å². The zero-order valence-electron chi connectivity index (χ0n) is 19.6. The molecule has 0 saturated heterocycles. The van der Waals surface area contributed by atoms with E-state index in [1.54, 1.807) is 36.4 Å². The third-order valence-electron chi connectivity index (χ3n) is 5.41. The molecule has 1 amide bonds. The maximum atomic E-state index is 13.4. The second-order valence-corrected chi connectivity index (χ2v) is 8.21.